The van der Waals surface area contributed by atoms with Gasteiger partial charge in [-0.15, -0.1) is 0 Å². The van der Waals surface area contributed by atoms with Crippen molar-refractivity contribution in [3.63, 3.8) is 0 Å². The fraction of sp³-hybridized carbons (Fsp3) is 0.462. The fourth-order valence-corrected chi connectivity index (χ4v) is 1.94. The molecule has 0 aliphatic carbocycles. The molecule has 16 heavy (non-hydrogen) atoms. The van der Waals surface area contributed by atoms with Gasteiger partial charge in [-0.25, -0.2) is 0 Å². The second kappa shape index (κ2) is 4.56. The molecule has 1 aliphatic rings. The molecule has 1 heterocycles. The van der Waals surface area contributed by atoms with Crippen LogP contribution in [0, 0.1) is 0 Å². The van der Waals surface area contributed by atoms with Crippen LogP contribution in [0.25, 0.3) is 0 Å². The molecule has 3 heteroatoms. The summed E-state index contributed by atoms with van der Waals surface area (Å²) in [7, 11) is 0. The Hall–Kier alpha value is -1.51. The average Bonchev–Trinajstić information content (AvgIpc) is 2.64. The van der Waals surface area contributed by atoms with Crippen LogP contribution in [0.5, 0.6) is 5.75 Å². The molecule has 0 unspecified atom stereocenters. The third-order valence-corrected chi connectivity index (χ3v) is 2.59. The Morgan fingerprint density at radius 1 is 1.31 bits per heavy atom. The van der Waals surface area contributed by atoms with E-state index in [0.717, 1.165) is 24.4 Å². The summed E-state index contributed by atoms with van der Waals surface area (Å²) in [5.41, 5.74) is 0.902. The van der Waals surface area contributed by atoms with Gasteiger partial charge in [-0.2, -0.15) is 0 Å². The van der Waals surface area contributed by atoms with Crippen LogP contribution in [0.3, 0.4) is 0 Å². The highest BCUT2D eigenvalue weighted by atomic mass is 16.5. The van der Waals surface area contributed by atoms with Gasteiger partial charge in [-0.05, 0) is 32.4 Å². The minimum Gasteiger partial charge on any atom is -0.489 e. The van der Waals surface area contributed by atoms with Crippen LogP contribution in [0.4, 0.5) is 5.69 Å². The van der Waals surface area contributed by atoms with Crippen LogP contribution in [-0.2, 0) is 4.79 Å². The molecule has 1 aliphatic heterocycles. The number of nitrogens with zero attached hydrogens (tertiary/aromatic N) is 1. The molecule has 0 N–H and O–H groups in total. The third kappa shape index (κ3) is 2.18. The normalized spacial score (nSPS) is 15.9. The van der Waals surface area contributed by atoms with Gasteiger partial charge in [0.15, 0.2) is 0 Å². The van der Waals surface area contributed by atoms with Gasteiger partial charge < -0.3 is 9.64 Å². The molecule has 0 atom stereocenters. The van der Waals surface area contributed by atoms with E-state index in [4.69, 9.17) is 4.74 Å². The molecular formula is C13H17NO2. The molecule has 2 rings (SSSR count). The summed E-state index contributed by atoms with van der Waals surface area (Å²) in [6.07, 6.45) is 1.71. The first kappa shape index (κ1) is 11.0. The van der Waals surface area contributed by atoms with Crippen molar-refractivity contribution < 1.29 is 9.53 Å². The number of hydrogen-bond acceptors (Lipinski definition) is 2. The number of amides is 1. The first-order valence-electron chi connectivity index (χ1n) is 5.74. The van der Waals surface area contributed by atoms with Crippen molar-refractivity contribution in [2.24, 2.45) is 0 Å². The summed E-state index contributed by atoms with van der Waals surface area (Å²) in [6, 6.07) is 7.73. The molecular weight excluding hydrogens is 202 g/mol. The summed E-state index contributed by atoms with van der Waals surface area (Å²) >= 11 is 0. The molecule has 0 saturated carbocycles. The maximum atomic E-state index is 11.7. The summed E-state index contributed by atoms with van der Waals surface area (Å²) in [5, 5.41) is 0. The molecule has 0 bridgehead atoms. The van der Waals surface area contributed by atoms with E-state index in [2.05, 4.69) is 0 Å². The van der Waals surface area contributed by atoms with E-state index in [9.17, 15) is 4.79 Å². The second-order valence-corrected chi connectivity index (χ2v) is 4.28. The van der Waals surface area contributed by atoms with Crippen molar-refractivity contribution in [3.05, 3.63) is 24.3 Å². The quantitative estimate of drug-likeness (QED) is 0.782. The number of anilines is 1. The molecule has 3 nitrogen and oxygen atoms in total. The van der Waals surface area contributed by atoms with Gasteiger partial charge in [-0.1, -0.05) is 12.1 Å². The fourth-order valence-electron chi connectivity index (χ4n) is 1.94. The van der Waals surface area contributed by atoms with Crippen LogP contribution in [0.2, 0.25) is 0 Å². The van der Waals surface area contributed by atoms with Gasteiger partial charge in [0.25, 0.3) is 0 Å². The zero-order chi connectivity index (χ0) is 11.5. The first-order chi connectivity index (χ1) is 7.68. The Balaban J connectivity index is 2.28. The van der Waals surface area contributed by atoms with Crippen molar-refractivity contribution >= 4 is 11.6 Å². The van der Waals surface area contributed by atoms with Crippen LogP contribution < -0.4 is 9.64 Å². The number of benzene rings is 1. The van der Waals surface area contributed by atoms with Gasteiger partial charge in [-0.3, -0.25) is 4.79 Å². The largest absolute Gasteiger partial charge is 0.489 e. The number of hydrogen-bond donors (Lipinski definition) is 0. The zero-order valence-corrected chi connectivity index (χ0v) is 9.77. The molecule has 1 fully saturated rings. The van der Waals surface area contributed by atoms with E-state index in [1.807, 2.05) is 43.0 Å². The number of rotatable bonds is 3. The number of ether oxygens (including phenoxy) is 1. The highest BCUT2D eigenvalue weighted by Gasteiger charge is 2.24. The predicted octanol–water partition coefficient (Wildman–Crippen LogP) is 2.60. The van der Waals surface area contributed by atoms with Gasteiger partial charge in [0, 0.05) is 13.0 Å². The van der Waals surface area contributed by atoms with Gasteiger partial charge in [0.1, 0.15) is 5.75 Å². The van der Waals surface area contributed by atoms with Crippen molar-refractivity contribution in [2.75, 3.05) is 11.4 Å². The monoisotopic (exact) mass is 219 g/mol. The van der Waals surface area contributed by atoms with E-state index in [1.165, 1.54) is 0 Å². The smallest absolute Gasteiger partial charge is 0.227 e. The minimum atomic E-state index is 0.124. The number of carbonyl (C=O) groups is 1. The summed E-state index contributed by atoms with van der Waals surface area (Å²) in [5.74, 6) is 0.993. The minimum absolute atomic E-state index is 0.124. The maximum absolute atomic E-state index is 11.7. The lowest BCUT2D eigenvalue weighted by atomic mass is 10.2. The predicted molar refractivity (Wildman–Crippen MR) is 63.8 cm³/mol. The highest BCUT2D eigenvalue weighted by Crippen LogP contribution is 2.31. The standard InChI is InChI=1S/C13H17NO2/c1-10(2)16-12-7-4-3-6-11(12)14-9-5-8-13(14)15/h3-4,6-7,10H,5,8-9H2,1-2H3. The summed E-state index contributed by atoms with van der Waals surface area (Å²) < 4.78 is 5.71. The maximum Gasteiger partial charge on any atom is 0.227 e. The Bertz CT molecular complexity index is 387. The molecule has 1 saturated heterocycles. The van der Waals surface area contributed by atoms with Crippen LogP contribution >= 0.6 is 0 Å². The van der Waals surface area contributed by atoms with Crippen LogP contribution in [0.15, 0.2) is 24.3 Å². The Labute approximate surface area is 96.0 Å². The lowest BCUT2D eigenvalue weighted by Gasteiger charge is -2.21. The highest BCUT2D eigenvalue weighted by molar-refractivity contribution is 5.96. The third-order valence-electron chi connectivity index (χ3n) is 2.59. The van der Waals surface area contributed by atoms with Crippen molar-refractivity contribution in [2.45, 2.75) is 32.8 Å². The summed E-state index contributed by atoms with van der Waals surface area (Å²) in [4.78, 5) is 13.5. The van der Waals surface area contributed by atoms with Crippen molar-refractivity contribution in [3.8, 4) is 5.75 Å². The van der Waals surface area contributed by atoms with Gasteiger partial charge in [0.2, 0.25) is 5.91 Å². The molecule has 1 aromatic rings. The van der Waals surface area contributed by atoms with Crippen molar-refractivity contribution in [1.82, 2.24) is 0 Å². The molecule has 1 aromatic carbocycles. The first-order valence-corrected chi connectivity index (χ1v) is 5.74. The lowest BCUT2D eigenvalue weighted by molar-refractivity contribution is -0.117. The van der Waals surface area contributed by atoms with Crippen LogP contribution in [0.1, 0.15) is 26.7 Å². The topological polar surface area (TPSA) is 29.5 Å². The summed E-state index contributed by atoms with van der Waals surface area (Å²) in [6.45, 7) is 4.78. The van der Waals surface area contributed by atoms with E-state index in [-0.39, 0.29) is 12.0 Å². The average molecular weight is 219 g/mol. The SMILES string of the molecule is CC(C)Oc1ccccc1N1CCCC1=O. The molecule has 1 amide bonds. The Morgan fingerprint density at radius 2 is 2.06 bits per heavy atom. The van der Waals surface area contributed by atoms with E-state index >= 15 is 0 Å². The van der Waals surface area contributed by atoms with E-state index < -0.39 is 0 Å². The molecule has 0 radical (unpaired) electrons. The lowest BCUT2D eigenvalue weighted by Crippen LogP contribution is -2.24. The molecule has 0 spiro atoms. The molecule has 0 aromatic heterocycles. The van der Waals surface area contributed by atoms with E-state index in [1.54, 1.807) is 0 Å². The second-order valence-electron chi connectivity index (χ2n) is 4.28. The Morgan fingerprint density at radius 3 is 2.69 bits per heavy atom. The van der Waals surface area contributed by atoms with Crippen molar-refractivity contribution in [1.29, 1.82) is 0 Å². The van der Waals surface area contributed by atoms with Gasteiger partial charge in [0.05, 0.1) is 11.8 Å². The number of para-hydroxylation sites is 2. The molecule has 86 valence electrons. The van der Waals surface area contributed by atoms with Crippen LogP contribution in [-0.4, -0.2) is 18.6 Å². The number of carbonyl (C=O) groups excluding carboxylic acids is 1. The van der Waals surface area contributed by atoms with Gasteiger partial charge >= 0.3 is 0 Å². The Kier molecular flexibility index (Phi) is 3.13. The van der Waals surface area contributed by atoms with E-state index in [0.29, 0.717) is 6.42 Å². The zero-order valence-electron chi connectivity index (χ0n) is 9.77.